The molecule has 0 aliphatic carbocycles. The van der Waals surface area contributed by atoms with E-state index in [0.29, 0.717) is 0 Å². The molecule has 0 amide bonds. The minimum Gasteiger partial charge on any atom is -0.255 e. The molecule has 0 radical (unpaired) electrons. The van der Waals surface area contributed by atoms with Crippen molar-refractivity contribution in [3.8, 4) is 11.4 Å². The maximum absolute atomic E-state index is 7.72. The van der Waals surface area contributed by atoms with Crippen molar-refractivity contribution < 1.29 is 11.0 Å². The Morgan fingerprint density at radius 2 is 1.33 bits per heavy atom. The maximum Gasteiger partial charge on any atom is 0.0886 e. The van der Waals surface area contributed by atoms with E-state index in [-0.39, 0.29) is 11.4 Å². The first kappa shape index (κ1) is 2.39. The lowest BCUT2D eigenvalue weighted by Crippen LogP contribution is -1.83. The van der Waals surface area contributed by atoms with Gasteiger partial charge in [0.05, 0.1) is 22.4 Å². The molecular weight excluding hydrogens is 148 g/mol. The summed E-state index contributed by atoms with van der Waals surface area (Å²) in [6.07, 6.45) is -1.09. The van der Waals surface area contributed by atoms with Gasteiger partial charge in [0, 0.05) is 12.3 Å². The van der Waals surface area contributed by atoms with Crippen LogP contribution in [0.15, 0.2) is 48.6 Å². The van der Waals surface area contributed by atoms with Gasteiger partial charge in [-0.1, -0.05) is 12.1 Å². The fraction of sp³-hybridized carbons (Fsp3) is 0. The van der Waals surface area contributed by atoms with Gasteiger partial charge in [0.25, 0.3) is 0 Å². The van der Waals surface area contributed by atoms with Gasteiger partial charge < -0.3 is 0 Å². The second-order valence-corrected chi connectivity index (χ2v) is 1.89. The highest BCUT2D eigenvalue weighted by atomic mass is 14.7. The molecule has 2 aromatic heterocycles. The molecule has 12 heavy (non-hydrogen) atoms. The number of pyridine rings is 2. The van der Waals surface area contributed by atoms with E-state index in [4.69, 9.17) is 11.0 Å². The zero-order valence-electron chi connectivity index (χ0n) is 13.9. The van der Waals surface area contributed by atoms with Crippen LogP contribution in [0.1, 0.15) is 11.0 Å². The molecule has 0 N–H and O–H groups in total. The Bertz CT molecular complexity index is 654. The van der Waals surface area contributed by atoms with Gasteiger partial charge in [-0.2, -0.15) is 0 Å². The van der Waals surface area contributed by atoms with Crippen molar-refractivity contribution in [2.75, 3.05) is 0 Å². The topological polar surface area (TPSA) is 25.8 Å². The van der Waals surface area contributed by atoms with Crippen LogP contribution >= 0.6 is 0 Å². The van der Waals surface area contributed by atoms with Crippen molar-refractivity contribution >= 4 is 0 Å². The first-order valence-corrected chi connectivity index (χ1v) is 3.14. The van der Waals surface area contributed by atoms with E-state index in [1.54, 1.807) is 0 Å². The van der Waals surface area contributed by atoms with Gasteiger partial charge in [0.2, 0.25) is 0 Å². The van der Waals surface area contributed by atoms with Crippen LogP contribution in [0.2, 0.25) is 0 Å². The lowest BCUT2D eigenvalue weighted by molar-refractivity contribution is 1.25. The highest BCUT2D eigenvalue weighted by Gasteiger charge is 1.95. The zero-order valence-corrected chi connectivity index (χ0v) is 5.89. The second-order valence-electron chi connectivity index (χ2n) is 1.89. The van der Waals surface area contributed by atoms with Crippen LogP contribution in [-0.4, -0.2) is 9.97 Å². The Morgan fingerprint density at radius 3 is 1.83 bits per heavy atom. The van der Waals surface area contributed by atoms with Gasteiger partial charge in [0.15, 0.2) is 0 Å². The summed E-state index contributed by atoms with van der Waals surface area (Å²) in [7, 11) is 0. The highest BCUT2D eigenvalue weighted by Crippen LogP contribution is 2.10. The minimum absolute atomic E-state index is 0.303. The van der Waals surface area contributed by atoms with E-state index in [1.165, 1.54) is 0 Å². The van der Waals surface area contributed by atoms with Crippen molar-refractivity contribution in [1.82, 2.24) is 9.97 Å². The summed E-state index contributed by atoms with van der Waals surface area (Å²) in [5, 5.41) is 0. The van der Waals surface area contributed by atoms with E-state index in [0.717, 1.165) is 0 Å². The molecule has 0 atom stereocenters. The lowest BCUT2D eigenvalue weighted by Gasteiger charge is -1.96. The van der Waals surface area contributed by atoms with E-state index >= 15 is 0 Å². The normalized spacial score (nSPS) is 19.0. The molecule has 0 saturated heterocycles. The summed E-state index contributed by atoms with van der Waals surface area (Å²) < 4.78 is 60.2. The predicted molar refractivity (Wildman–Crippen MR) is 47.5 cm³/mol. The Hall–Kier alpha value is -1.70. The molecule has 0 aromatic carbocycles. The van der Waals surface area contributed by atoms with Crippen molar-refractivity contribution in [2.24, 2.45) is 0 Å². The molecule has 0 aliphatic heterocycles. The number of aromatic nitrogens is 2. The Balaban J connectivity index is 2.83. The minimum atomic E-state index is -0.546. The fourth-order valence-electron chi connectivity index (χ4n) is 0.685. The van der Waals surface area contributed by atoms with Crippen LogP contribution in [0.25, 0.3) is 11.4 Å². The van der Waals surface area contributed by atoms with E-state index in [9.17, 15) is 0 Å². The van der Waals surface area contributed by atoms with E-state index in [2.05, 4.69) is 9.97 Å². The van der Waals surface area contributed by atoms with Crippen LogP contribution in [-0.2, 0) is 0 Å². The van der Waals surface area contributed by atoms with Gasteiger partial charge >= 0.3 is 0 Å². The molecule has 2 rings (SSSR count). The quantitative estimate of drug-likeness (QED) is 0.645. The molecule has 0 aliphatic rings. The third-order valence-electron chi connectivity index (χ3n) is 1.16. The van der Waals surface area contributed by atoms with Crippen molar-refractivity contribution in [3.63, 3.8) is 0 Å². The van der Waals surface area contributed by atoms with E-state index in [1.807, 2.05) is 0 Å². The van der Waals surface area contributed by atoms with Gasteiger partial charge in [-0.3, -0.25) is 9.97 Å². The maximum atomic E-state index is 7.72. The van der Waals surface area contributed by atoms with Crippen molar-refractivity contribution in [1.29, 1.82) is 0 Å². The first-order chi connectivity index (χ1) is 9.25. The van der Waals surface area contributed by atoms with Crippen LogP contribution in [0.4, 0.5) is 0 Å². The summed E-state index contributed by atoms with van der Waals surface area (Å²) in [6.45, 7) is 0. The average Bonchev–Trinajstić information content (AvgIpc) is 2.42. The third kappa shape index (κ3) is 1.32. The summed E-state index contributed by atoms with van der Waals surface area (Å²) in [5.74, 6) is 0. The number of rotatable bonds is 1. The van der Waals surface area contributed by atoms with E-state index < -0.39 is 48.6 Å². The van der Waals surface area contributed by atoms with Gasteiger partial charge in [-0.05, 0) is 24.2 Å². The Morgan fingerprint density at radius 1 is 0.833 bits per heavy atom. The molecule has 58 valence electrons. The van der Waals surface area contributed by atoms with Crippen LogP contribution in [0.3, 0.4) is 0 Å². The summed E-state index contributed by atoms with van der Waals surface area (Å²) in [5.41, 5.74) is -0.606. The fourth-order valence-corrected chi connectivity index (χ4v) is 0.685. The average molecular weight is 164 g/mol. The number of hydrogen-bond donors (Lipinski definition) is 0. The molecule has 2 aromatic rings. The predicted octanol–water partition coefficient (Wildman–Crippen LogP) is 2.14. The number of nitrogens with zero attached hydrogens (tertiary/aromatic N) is 2. The monoisotopic (exact) mass is 164 g/mol. The van der Waals surface area contributed by atoms with Gasteiger partial charge in [-0.15, -0.1) is 0 Å². The van der Waals surface area contributed by atoms with Crippen LogP contribution < -0.4 is 0 Å². The summed E-state index contributed by atoms with van der Waals surface area (Å²) in [6, 6.07) is -3.09. The second kappa shape index (κ2) is 3.13. The summed E-state index contributed by atoms with van der Waals surface area (Å²) in [4.78, 5) is 7.27. The Labute approximate surface area is 82.2 Å². The first-order valence-electron chi connectivity index (χ1n) is 7.14. The molecule has 2 heteroatoms. The zero-order chi connectivity index (χ0) is 15.2. The largest absolute Gasteiger partial charge is 0.255 e. The smallest absolute Gasteiger partial charge is 0.0886 e. The van der Waals surface area contributed by atoms with Gasteiger partial charge in [-0.25, -0.2) is 0 Å². The third-order valence-corrected chi connectivity index (χ3v) is 1.16. The molecule has 0 saturated carbocycles. The number of hydrogen-bond acceptors (Lipinski definition) is 2. The SMILES string of the molecule is [2H]c1nc(-c2nc([2H])c([2H])c([2H])c2[2H])c([2H])c([2H])c1[2H]. The molecular formula is C10H8N2. The molecule has 0 bridgehead atoms. The molecule has 0 fully saturated rings. The van der Waals surface area contributed by atoms with Crippen LogP contribution in [0, 0.1) is 0 Å². The standard InChI is InChI=1S/C10H8N2/c1-3-7-11-9(5-1)10-6-2-4-8-12-10/h1-8H/i1D,2D,3D,4D,5D,6D,7D,8D. The van der Waals surface area contributed by atoms with Crippen molar-refractivity contribution in [2.45, 2.75) is 0 Å². The highest BCUT2D eigenvalue weighted by molar-refractivity contribution is 5.52. The van der Waals surface area contributed by atoms with Crippen LogP contribution in [0.5, 0.6) is 0 Å². The molecule has 0 spiro atoms. The molecule has 0 unspecified atom stereocenters. The Kier molecular flexibility index (Phi) is 0.624. The lowest BCUT2D eigenvalue weighted by atomic mass is 10.2. The van der Waals surface area contributed by atoms with Crippen molar-refractivity contribution in [3.05, 3.63) is 48.6 Å². The molecule has 2 nitrogen and oxygen atoms in total. The molecule has 2 heterocycles. The summed E-state index contributed by atoms with van der Waals surface area (Å²) >= 11 is 0. The van der Waals surface area contributed by atoms with Gasteiger partial charge in [0.1, 0.15) is 0 Å².